The minimum atomic E-state index is -0.682. The normalized spacial score (nSPS) is 25.6. The van der Waals surface area contributed by atoms with Crippen LogP contribution in [0.15, 0.2) is 66.7 Å². The molecule has 2 aromatic carbocycles. The summed E-state index contributed by atoms with van der Waals surface area (Å²) < 4.78 is 11.0. The molecule has 0 bridgehead atoms. The molecule has 0 unspecified atom stereocenters. The number of nitrogens with zero attached hydrogens (tertiary/aromatic N) is 1. The molecule has 2 aromatic rings. The van der Waals surface area contributed by atoms with Crippen LogP contribution in [0.1, 0.15) is 43.2 Å². The Bertz CT molecular complexity index is 1240. The number of methoxy groups -OCH3 is 1. The third-order valence-electron chi connectivity index (χ3n) is 8.90. The summed E-state index contributed by atoms with van der Waals surface area (Å²) in [6.45, 7) is 2.20. The summed E-state index contributed by atoms with van der Waals surface area (Å²) in [5.41, 5.74) is 1.27. The number of carbonyl (C=O) groups is 3. The first-order chi connectivity index (χ1) is 20.0. The number of fused-ring (bicyclic) bond motifs is 1. The molecule has 8 nitrogen and oxygen atoms in total. The van der Waals surface area contributed by atoms with Gasteiger partial charge in [-0.3, -0.25) is 14.4 Å². The molecule has 1 spiro atoms. The third-order valence-corrected chi connectivity index (χ3v) is 8.90. The van der Waals surface area contributed by atoms with Gasteiger partial charge in [-0.25, -0.2) is 0 Å². The summed E-state index contributed by atoms with van der Waals surface area (Å²) in [5, 5.41) is 6.41. The number of amides is 3. The number of para-hydroxylation sites is 1. The number of nitrogens with one attached hydrogen (secondary N) is 2. The Morgan fingerprint density at radius 2 is 1.78 bits per heavy atom. The molecule has 3 aliphatic heterocycles. The lowest BCUT2D eigenvalue weighted by Gasteiger charge is -2.40. The smallest absolute Gasteiger partial charge is 0.243 e. The minimum absolute atomic E-state index is 0.0600. The fraction of sp³-hybridized carbons (Fsp3) is 0.485. The van der Waals surface area contributed by atoms with E-state index in [-0.39, 0.29) is 36.1 Å². The van der Waals surface area contributed by atoms with Crippen LogP contribution in [0, 0.1) is 11.3 Å². The summed E-state index contributed by atoms with van der Waals surface area (Å²) in [5.74, 6) is 0.604. The molecular formula is C33H41N3O5. The van der Waals surface area contributed by atoms with Gasteiger partial charge in [-0.05, 0) is 43.7 Å². The van der Waals surface area contributed by atoms with Crippen molar-refractivity contribution >= 4 is 17.7 Å². The Morgan fingerprint density at radius 1 is 1.02 bits per heavy atom. The Hall–Kier alpha value is -3.65. The lowest BCUT2D eigenvalue weighted by Crippen LogP contribution is -2.58. The molecule has 3 heterocycles. The van der Waals surface area contributed by atoms with Crippen LogP contribution in [-0.2, 0) is 32.0 Å². The molecule has 3 amide bonds. The van der Waals surface area contributed by atoms with Gasteiger partial charge in [0.25, 0.3) is 0 Å². The number of ether oxygens (including phenoxy) is 2. The van der Waals surface area contributed by atoms with Gasteiger partial charge in [0.1, 0.15) is 11.8 Å². The average molecular weight is 560 g/mol. The molecule has 8 heteroatoms. The number of likely N-dealkylation sites (tertiary alicyclic amines) is 1. The van der Waals surface area contributed by atoms with E-state index in [4.69, 9.17) is 9.47 Å². The Labute approximate surface area is 242 Å². The Balaban J connectivity index is 1.36. The van der Waals surface area contributed by atoms with E-state index in [2.05, 4.69) is 22.8 Å². The first-order valence-corrected chi connectivity index (χ1v) is 14.7. The van der Waals surface area contributed by atoms with Crippen LogP contribution in [0.4, 0.5) is 0 Å². The van der Waals surface area contributed by atoms with Gasteiger partial charge >= 0.3 is 0 Å². The van der Waals surface area contributed by atoms with E-state index in [0.29, 0.717) is 64.2 Å². The zero-order valence-electron chi connectivity index (χ0n) is 23.8. The number of benzene rings is 2. The van der Waals surface area contributed by atoms with Crippen molar-refractivity contribution in [2.45, 2.75) is 57.0 Å². The molecule has 218 valence electrons. The fourth-order valence-corrected chi connectivity index (χ4v) is 6.33. The first-order valence-electron chi connectivity index (χ1n) is 14.7. The molecular weight excluding hydrogens is 518 g/mol. The molecule has 5 rings (SSSR count). The van der Waals surface area contributed by atoms with Gasteiger partial charge in [-0.15, -0.1) is 0 Å². The van der Waals surface area contributed by atoms with E-state index in [0.717, 1.165) is 17.5 Å². The van der Waals surface area contributed by atoms with Crippen molar-refractivity contribution in [3.63, 3.8) is 0 Å². The maximum absolute atomic E-state index is 13.8. The number of rotatable bonds is 5. The van der Waals surface area contributed by atoms with Crippen molar-refractivity contribution in [3.8, 4) is 5.75 Å². The van der Waals surface area contributed by atoms with E-state index in [9.17, 15) is 14.4 Å². The standard InChI is InChI=1S/C33H41N3O5/c1-40-29-13-6-5-11-25(29)22-30(37)36-18-14-27-26(23-36)12-7-8-15-33(16-19-41-20-17-33)32(39)35-28(31(38)34-27)21-24-9-3-2-4-10-24/h2-11,13,26-28H,12,14-23H2,1H3,(H,34,38)(H,35,39)/b8-7+/t26-,27+,28-/m1/s1. The number of piperidine rings is 1. The summed E-state index contributed by atoms with van der Waals surface area (Å²) in [4.78, 5) is 42.8. The van der Waals surface area contributed by atoms with Crippen LogP contribution < -0.4 is 15.4 Å². The minimum Gasteiger partial charge on any atom is -0.496 e. The lowest BCUT2D eigenvalue weighted by molar-refractivity contribution is -0.140. The van der Waals surface area contributed by atoms with Crippen molar-refractivity contribution in [1.82, 2.24) is 15.5 Å². The summed E-state index contributed by atoms with van der Waals surface area (Å²) in [6.07, 6.45) is 8.19. The summed E-state index contributed by atoms with van der Waals surface area (Å²) >= 11 is 0. The van der Waals surface area contributed by atoms with E-state index in [1.54, 1.807) is 7.11 Å². The second-order valence-corrected chi connectivity index (χ2v) is 11.5. The van der Waals surface area contributed by atoms with Gasteiger partial charge in [0, 0.05) is 50.2 Å². The van der Waals surface area contributed by atoms with E-state index < -0.39 is 11.5 Å². The van der Waals surface area contributed by atoms with Gasteiger partial charge < -0.3 is 25.0 Å². The predicted molar refractivity (Wildman–Crippen MR) is 156 cm³/mol. The second-order valence-electron chi connectivity index (χ2n) is 11.5. The van der Waals surface area contributed by atoms with Gasteiger partial charge in [-0.1, -0.05) is 60.7 Å². The molecule has 41 heavy (non-hydrogen) atoms. The molecule has 2 fully saturated rings. The maximum atomic E-state index is 13.8. The SMILES string of the molecule is COc1ccccc1CC(=O)N1CC[C@@H]2NC(=O)[C@@H](Cc3ccccc3)NC(=O)C3(C/C=C/C[C@@H]2C1)CCOCC3. The van der Waals surface area contributed by atoms with Crippen molar-refractivity contribution in [1.29, 1.82) is 0 Å². The molecule has 0 aromatic heterocycles. The van der Waals surface area contributed by atoms with Gasteiger partial charge in [0.05, 0.1) is 18.9 Å². The molecule has 0 aliphatic carbocycles. The van der Waals surface area contributed by atoms with Crippen molar-refractivity contribution < 1.29 is 23.9 Å². The van der Waals surface area contributed by atoms with Gasteiger partial charge in [-0.2, -0.15) is 0 Å². The second kappa shape index (κ2) is 13.3. The highest BCUT2D eigenvalue weighted by atomic mass is 16.5. The van der Waals surface area contributed by atoms with Gasteiger partial charge in [0.15, 0.2) is 0 Å². The quantitative estimate of drug-likeness (QED) is 0.547. The highest BCUT2D eigenvalue weighted by molar-refractivity contribution is 5.90. The maximum Gasteiger partial charge on any atom is 0.243 e. The summed E-state index contributed by atoms with van der Waals surface area (Å²) in [6, 6.07) is 16.7. The number of carbonyl (C=O) groups excluding carboxylic acids is 3. The monoisotopic (exact) mass is 559 g/mol. The molecule has 2 saturated heterocycles. The average Bonchev–Trinajstić information content (AvgIpc) is 3.00. The molecule has 2 N–H and O–H groups in total. The van der Waals surface area contributed by atoms with Crippen molar-refractivity contribution in [2.24, 2.45) is 11.3 Å². The molecule has 0 radical (unpaired) electrons. The largest absolute Gasteiger partial charge is 0.496 e. The molecule has 3 atom stereocenters. The molecule has 3 aliphatic rings. The zero-order chi connectivity index (χ0) is 28.7. The number of hydrogen-bond donors (Lipinski definition) is 2. The van der Waals surface area contributed by atoms with Crippen LogP contribution >= 0.6 is 0 Å². The topological polar surface area (TPSA) is 97.0 Å². The zero-order valence-corrected chi connectivity index (χ0v) is 23.8. The highest BCUT2D eigenvalue weighted by Crippen LogP contribution is 2.36. The molecule has 0 saturated carbocycles. The van der Waals surface area contributed by atoms with Crippen LogP contribution in [0.5, 0.6) is 5.75 Å². The third kappa shape index (κ3) is 6.99. The summed E-state index contributed by atoms with van der Waals surface area (Å²) in [7, 11) is 1.62. The lowest BCUT2D eigenvalue weighted by atomic mass is 9.75. The highest BCUT2D eigenvalue weighted by Gasteiger charge is 2.41. The number of allylic oxidation sites excluding steroid dienone is 2. The van der Waals surface area contributed by atoms with E-state index in [1.165, 1.54) is 0 Å². The van der Waals surface area contributed by atoms with Crippen LogP contribution in [-0.4, -0.2) is 68.1 Å². The van der Waals surface area contributed by atoms with Gasteiger partial charge in [0.2, 0.25) is 17.7 Å². The predicted octanol–water partition coefficient (Wildman–Crippen LogP) is 3.45. The van der Waals surface area contributed by atoms with E-state index >= 15 is 0 Å². The Kier molecular flexibility index (Phi) is 9.39. The number of hydrogen-bond acceptors (Lipinski definition) is 5. The van der Waals surface area contributed by atoms with Crippen LogP contribution in [0.3, 0.4) is 0 Å². The van der Waals surface area contributed by atoms with Crippen molar-refractivity contribution in [2.75, 3.05) is 33.4 Å². The fourth-order valence-electron chi connectivity index (χ4n) is 6.33. The first kappa shape index (κ1) is 28.9. The van der Waals surface area contributed by atoms with Crippen LogP contribution in [0.25, 0.3) is 0 Å². The Morgan fingerprint density at radius 3 is 2.56 bits per heavy atom. The van der Waals surface area contributed by atoms with Crippen LogP contribution in [0.2, 0.25) is 0 Å². The van der Waals surface area contributed by atoms with Crippen molar-refractivity contribution in [3.05, 3.63) is 77.9 Å². The van der Waals surface area contributed by atoms with E-state index in [1.807, 2.05) is 59.5 Å².